The third kappa shape index (κ3) is 3.06. The molecule has 3 aromatic rings. The van der Waals surface area contributed by atoms with Crippen molar-refractivity contribution in [2.75, 3.05) is 16.8 Å². The fourth-order valence-corrected chi connectivity index (χ4v) is 4.04. The maximum absolute atomic E-state index is 13.7. The summed E-state index contributed by atoms with van der Waals surface area (Å²) in [4.78, 5) is 27.4. The van der Waals surface area contributed by atoms with Gasteiger partial charge in [-0.25, -0.2) is 4.79 Å². The van der Waals surface area contributed by atoms with Gasteiger partial charge in [-0.2, -0.15) is 5.26 Å². The molecule has 7 nitrogen and oxygen atoms in total. The second kappa shape index (κ2) is 7.84. The first-order chi connectivity index (χ1) is 15.0. The molecule has 1 aliphatic heterocycles. The van der Waals surface area contributed by atoms with Crippen LogP contribution in [0.3, 0.4) is 0 Å². The van der Waals surface area contributed by atoms with Crippen LogP contribution in [0.1, 0.15) is 23.6 Å². The molecular weight excluding hydrogens is 394 g/mol. The summed E-state index contributed by atoms with van der Waals surface area (Å²) in [5.41, 5.74) is 0.0154. The second-order valence-corrected chi connectivity index (χ2v) is 6.92. The average Bonchev–Trinajstić information content (AvgIpc) is 3.06. The Kier molecular flexibility index (Phi) is 5.05. The zero-order valence-corrected chi connectivity index (χ0v) is 16.7. The third-order valence-electron chi connectivity index (χ3n) is 5.23. The van der Waals surface area contributed by atoms with Gasteiger partial charge in [-0.1, -0.05) is 36.4 Å². The lowest BCUT2D eigenvalue weighted by Crippen LogP contribution is -2.54. The molecule has 0 bridgehead atoms. The van der Waals surface area contributed by atoms with Crippen molar-refractivity contribution in [3.8, 4) is 11.8 Å². The summed E-state index contributed by atoms with van der Waals surface area (Å²) in [7, 11) is 0. The van der Waals surface area contributed by atoms with Crippen molar-refractivity contribution < 1.29 is 19.4 Å². The molecule has 31 heavy (non-hydrogen) atoms. The summed E-state index contributed by atoms with van der Waals surface area (Å²) in [6.07, 6.45) is -1.32. The van der Waals surface area contributed by atoms with E-state index in [1.54, 1.807) is 72.8 Å². The van der Waals surface area contributed by atoms with Gasteiger partial charge in [0.25, 0.3) is 5.91 Å². The smallest absolute Gasteiger partial charge is 0.413 e. The molecule has 1 atom stereocenters. The maximum Gasteiger partial charge on any atom is 0.413 e. The van der Waals surface area contributed by atoms with Gasteiger partial charge >= 0.3 is 6.09 Å². The number of amides is 2. The number of benzene rings is 3. The van der Waals surface area contributed by atoms with E-state index in [0.29, 0.717) is 40.4 Å². The lowest BCUT2D eigenvalue weighted by atomic mass is 9.80. The fraction of sp³-hybridized carbons (Fsp3) is 0.125. The van der Waals surface area contributed by atoms with Gasteiger partial charge in [-0.15, -0.1) is 0 Å². The minimum atomic E-state index is -1.79. The van der Waals surface area contributed by atoms with Gasteiger partial charge in [0.1, 0.15) is 5.75 Å². The quantitative estimate of drug-likeness (QED) is 0.648. The van der Waals surface area contributed by atoms with Gasteiger partial charge < -0.3 is 15.2 Å². The van der Waals surface area contributed by atoms with Crippen molar-refractivity contribution in [1.82, 2.24) is 0 Å². The number of nitrogens with one attached hydrogen (secondary N) is 1. The van der Waals surface area contributed by atoms with Crippen LogP contribution in [-0.2, 0) is 10.3 Å². The van der Waals surface area contributed by atoms with Crippen LogP contribution < -0.4 is 15.0 Å². The van der Waals surface area contributed by atoms with E-state index in [0.717, 1.165) is 4.90 Å². The average molecular weight is 413 g/mol. The number of rotatable bonds is 5. The standard InChI is InChI=1S/C24H19N3O4/c1-2-31-21-11-7-6-10-18(21)24(27(23(29)30)17-8-4-3-5-9-17)19-14-16(15-25)12-13-20(19)26-22(24)28/h3-14H,2H2,1H3,(H,26,28)(H,29,30). The highest BCUT2D eigenvalue weighted by Crippen LogP contribution is 2.50. The number of hydrogen-bond acceptors (Lipinski definition) is 4. The minimum Gasteiger partial charge on any atom is -0.493 e. The van der Waals surface area contributed by atoms with Crippen LogP contribution >= 0.6 is 0 Å². The summed E-state index contributed by atoms with van der Waals surface area (Å²) in [6, 6.07) is 22.1. The number of fused-ring (bicyclic) bond motifs is 1. The molecule has 0 aliphatic carbocycles. The molecule has 0 radical (unpaired) electrons. The predicted octanol–water partition coefficient (Wildman–Crippen LogP) is 4.34. The van der Waals surface area contributed by atoms with Crippen molar-refractivity contribution in [1.29, 1.82) is 5.26 Å². The van der Waals surface area contributed by atoms with Gasteiger partial charge in [0.2, 0.25) is 0 Å². The second-order valence-electron chi connectivity index (χ2n) is 6.92. The lowest BCUT2D eigenvalue weighted by molar-refractivity contribution is -0.119. The Bertz CT molecular complexity index is 1200. The molecule has 1 heterocycles. The molecule has 0 saturated heterocycles. The van der Waals surface area contributed by atoms with E-state index in [-0.39, 0.29) is 0 Å². The van der Waals surface area contributed by atoms with E-state index < -0.39 is 17.5 Å². The molecule has 0 fully saturated rings. The number of carboxylic acid groups (broad SMARTS) is 1. The van der Waals surface area contributed by atoms with Crippen LogP contribution in [0.5, 0.6) is 5.75 Å². The summed E-state index contributed by atoms with van der Waals surface area (Å²) < 4.78 is 5.80. The van der Waals surface area contributed by atoms with Crippen LogP contribution in [0.25, 0.3) is 0 Å². The van der Waals surface area contributed by atoms with Crippen molar-refractivity contribution in [2.24, 2.45) is 0 Å². The Labute approximate surface area is 179 Å². The summed E-state index contributed by atoms with van der Waals surface area (Å²) >= 11 is 0. The number of anilines is 2. The Morgan fingerprint density at radius 1 is 1.10 bits per heavy atom. The molecule has 3 aromatic carbocycles. The third-order valence-corrected chi connectivity index (χ3v) is 5.23. The highest BCUT2D eigenvalue weighted by atomic mass is 16.5. The molecular formula is C24H19N3O4. The van der Waals surface area contributed by atoms with E-state index in [9.17, 15) is 20.0 Å². The Balaban J connectivity index is 2.13. The first-order valence-corrected chi connectivity index (χ1v) is 9.70. The number of nitriles is 1. The van der Waals surface area contributed by atoms with E-state index >= 15 is 0 Å². The monoisotopic (exact) mass is 413 g/mol. The topological polar surface area (TPSA) is 103 Å². The van der Waals surface area contributed by atoms with Gasteiger partial charge in [0.05, 0.1) is 18.2 Å². The summed E-state index contributed by atoms with van der Waals surface area (Å²) in [5.74, 6) is -0.159. The van der Waals surface area contributed by atoms with Crippen molar-refractivity contribution in [3.05, 3.63) is 89.5 Å². The Hall–Kier alpha value is -4.31. The molecule has 0 aromatic heterocycles. The number of hydrogen-bond donors (Lipinski definition) is 2. The van der Waals surface area contributed by atoms with Gasteiger partial charge in [0.15, 0.2) is 5.54 Å². The van der Waals surface area contributed by atoms with Crippen LogP contribution in [0.4, 0.5) is 16.2 Å². The lowest BCUT2D eigenvalue weighted by Gasteiger charge is -2.39. The maximum atomic E-state index is 13.7. The van der Waals surface area contributed by atoms with Gasteiger partial charge in [0, 0.05) is 22.5 Å². The van der Waals surface area contributed by atoms with Crippen LogP contribution in [0, 0.1) is 11.3 Å². The minimum absolute atomic E-state index is 0.312. The summed E-state index contributed by atoms with van der Waals surface area (Å²) in [5, 5.41) is 22.6. The Morgan fingerprint density at radius 3 is 2.48 bits per heavy atom. The number of ether oxygens (including phenoxy) is 1. The molecule has 154 valence electrons. The van der Waals surface area contributed by atoms with E-state index in [1.807, 2.05) is 6.92 Å². The molecule has 4 rings (SSSR count). The predicted molar refractivity (Wildman–Crippen MR) is 115 cm³/mol. The normalized spacial score (nSPS) is 16.7. The van der Waals surface area contributed by atoms with Gasteiger partial charge in [-0.3, -0.25) is 9.69 Å². The number of nitrogens with zero attached hydrogens (tertiary/aromatic N) is 2. The molecule has 2 amide bonds. The van der Waals surface area contributed by atoms with Crippen molar-refractivity contribution in [3.63, 3.8) is 0 Å². The van der Waals surface area contributed by atoms with Crippen LogP contribution in [-0.4, -0.2) is 23.7 Å². The van der Waals surface area contributed by atoms with Crippen molar-refractivity contribution in [2.45, 2.75) is 12.5 Å². The van der Waals surface area contributed by atoms with Gasteiger partial charge in [-0.05, 0) is 43.3 Å². The largest absolute Gasteiger partial charge is 0.493 e. The van der Waals surface area contributed by atoms with Crippen LogP contribution in [0.15, 0.2) is 72.8 Å². The van der Waals surface area contributed by atoms with E-state index in [1.165, 1.54) is 0 Å². The van der Waals surface area contributed by atoms with Crippen molar-refractivity contribution >= 4 is 23.4 Å². The molecule has 0 saturated carbocycles. The zero-order chi connectivity index (χ0) is 22.0. The summed E-state index contributed by atoms with van der Waals surface area (Å²) in [6.45, 7) is 2.14. The molecule has 0 spiro atoms. The molecule has 1 unspecified atom stereocenters. The zero-order valence-electron chi connectivity index (χ0n) is 16.7. The first-order valence-electron chi connectivity index (χ1n) is 9.70. The van der Waals surface area contributed by atoms with E-state index in [4.69, 9.17) is 4.74 Å². The number of para-hydroxylation sites is 2. The van der Waals surface area contributed by atoms with Crippen LogP contribution in [0.2, 0.25) is 0 Å². The molecule has 7 heteroatoms. The fourth-order valence-electron chi connectivity index (χ4n) is 4.04. The first kappa shape index (κ1) is 20.0. The Morgan fingerprint density at radius 2 is 1.81 bits per heavy atom. The molecule has 1 aliphatic rings. The number of carbonyl (C=O) groups excluding carboxylic acids is 1. The van der Waals surface area contributed by atoms with E-state index in [2.05, 4.69) is 11.4 Å². The highest BCUT2D eigenvalue weighted by Gasteiger charge is 2.57. The SMILES string of the molecule is CCOc1ccccc1C1(N(C(=O)O)c2ccccc2)C(=O)Nc2ccc(C#N)cc21. The highest BCUT2D eigenvalue weighted by molar-refractivity contribution is 6.15. The number of carbonyl (C=O) groups is 2. The molecule has 2 N–H and O–H groups in total.